The zero-order valence-electron chi connectivity index (χ0n) is 9.44. The van der Waals surface area contributed by atoms with Gasteiger partial charge in [0.15, 0.2) is 0 Å². The van der Waals surface area contributed by atoms with Gasteiger partial charge in [0, 0.05) is 16.2 Å². The summed E-state index contributed by atoms with van der Waals surface area (Å²) < 4.78 is 0. The highest BCUT2D eigenvalue weighted by Gasteiger charge is 2.26. The molecular formula is C13H19NS. The van der Waals surface area contributed by atoms with Crippen molar-refractivity contribution in [2.75, 3.05) is 0 Å². The van der Waals surface area contributed by atoms with Crippen LogP contribution in [0.3, 0.4) is 0 Å². The van der Waals surface area contributed by atoms with Gasteiger partial charge in [0.25, 0.3) is 0 Å². The fraction of sp³-hybridized carbons (Fsp3) is 0.538. The maximum absolute atomic E-state index is 5.77. The Hall–Kier alpha value is -0.470. The summed E-state index contributed by atoms with van der Waals surface area (Å²) in [5.41, 5.74) is 7.19. The van der Waals surface area contributed by atoms with Gasteiger partial charge in [-0.25, -0.2) is 0 Å². The summed E-state index contributed by atoms with van der Waals surface area (Å²) in [7, 11) is 0. The first kappa shape index (κ1) is 11.0. The van der Waals surface area contributed by atoms with Gasteiger partial charge in [-0.1, -0.05) is 26.0 Å². The highest BCUT2D eigenvalue weighted by atomic mass is 32.2. The Morgan fingerprint density at radius 3 is 2.27 bits per heavy atom. The number of thioether (sulfide) groups is 1. The van der Waals surface area contributed by atoms with Gasteiger partial charge in [0.05, 0.1) is 0 Å². The van der Waals surface area contributed by atoms with Gasteiger partial charge in [0.1, 0.15) is 0 Å². The molecule has 1 aromatic rings. The van der Waals surface area contributed by atoms with Crippen LogP contribution >= 0.6 is 11.8 Å². The largest absolute Gasteiger partial charge is 0.328 e. The Morgan fingerprint density at radius 1 is 1.20 bits per heavy atom. The lowest BCUT2D eigenvalue weighted by molar-refractivity contribution is 0.433. The number of rotatable bonds is 3. The van der Waals surface area contributed by atoms with Crippen LogP contribution in [0, 0.1) is 0 Å². The molecule has 2 heteroatoms. The predicted molar refractivity (Wildman–Crippen MR) is 67.4 cm³/mol. The average Bonchev–Trinajstić information content (AvgIpc) is 2.16. The summed E-state index contributed by atoms with van der Waals surface area (Å²) >= 11 is 1.97. The molecule has 82 valence electrons. The third kappa shape index (κ3) is 2.76. The molecule has 0 saturated heterocycles. The minimum absolute atomic E-state index is 0.456. The summed E-state index contributed by atoms with van der Waals surface area (Å²) in [6.45, 7) is 4.46. The van der Waals surface area contributed by atoms with Crippen molar-refractivity contribution in [1.82, 2.24) is 0 Å². The van der Waals surface area contributed by atoms with Crippen LogP contribution in [0.25, 0.3) is 0 Å². The van der Waals surface area contributed by atoms with Crippen molar-refractivity contribution in [3.8, 4) is 0 Å². The van der Waals surface area contributed by atoms with E-state index in [0.717, 1.165) is 5.25 Å². The van der Waals surface area contributed by atoms with E-state index in [4.69, 9.17) is 5.73 Å². The fourth-order valence-corrected chi connectivity index (χ4v) is 3.19. The molecule has 1 aromatic carbocycles. The van der Waals surface area contributed by atoms with Gasteiger partial charge in [-0.3, -0.25) is 0 Å². The van der Waals surface area contributed by atoms with Crippen molar-refractivity contribution in [3.63, 3.8) is 0 Å². The first-order valence-electron chi connectivity index (χ1n) is 5.67. The topological polar surface area (TPSA) is 26.0 Å². The highest BCUT2D eigenvalue weighted by molar-refractivity contribution is 8.00. The standard InChI is InChI=1S/C13H19NS/c1-9(2)10-3-5-12(6-4-10)15-13-7-11(14)8-13/h3-6,9,11,13H,7-8,14H2,1-2H3. The first-order valence-corrected chi connectivity index (χ1v) is 6.55. The van der Waals surface area contributed by atoms with Crippen molar-refractivity contribution >= 4 is 11.8 Å². The van der Waals surface area contributed by atoms with Crippen LogP contribution in [0.2, 0.25) is 0 Å². The third-order valence-corrected chi connectivity index (χ3v) is 4.24. The molecule has 0 radical (unpaired) electrons. The summed E-state index contributed by atoms with van der Waals surface area (Å²) in [5, 5.41) is 0.755. The molecule has 2 rings (SSSR count). The molecule has 1 saturated carbocycles. The van der Waals surface area contributed by atoms with Crippen molar-refractivity contribution < 1.29 is 0 Å². The van der Waals surface area contributed by atoms with E-state index in [-0.39, 0.29) is 0 Å². The van der Waals surface area contributed by atoms with E-state index in [1.54, 1.807) is 0 Å². The lowest BCUT2D eigenvalue weighted by Crippen LogP contribution is -2.38. The second-order valence-electron chi connectivity index (χ2n) is 4.70. The lowest BCUT2D eigenvalue weighted by Gasteiger charge is -2.31. The molecule has 0 atom stereocenters. The maximum atomic E-state index is 5.77. The monoisotopic (exact) mass is 221 g/mol. The fourth-order valence-electron chi connectivity index (χ4n) is 1.83. The van der Waals surface area contributed by atoms with Gasteiger partial charge in [-0.05, 0) is 36.5 Å². The zero-order chi connectivity index (χ0) is 10.8. The second kappa shape index (κ2) is 4.58. The van der Waals surface area contributed by atoms with Gasteiger partial charge >= 0.3 is 0 Å². The molecule has 0 unspecified atom stereocenters. The summed E-state index contributed by atoms with van der Waals surface area (Å²) in [6.07, 6.45) is 2.35. The molecule has 0 aliphatic heterocycles. The minimum Gasteiger partial charge on any atom is -0.328 e. The SMILES string of the molecule is CC(C)c1ccc(SC2CC(N)C2)cc1. The predicted octanol–water partition coefficient (Wildman–Crippen LogP) is 3.39. The highest BCUT2D eigenvalue weighted by Crippen LogP contribution is 2.36. The van der Waals surface area contributed by atoms with Crippen molar-refractivity contribution in [2.45, 2.75) is 48.8 Å². The molecule has 1 aliphatic carbocycles. The maximum Gasteiger partial charge on any atom is 0.0124 e. The summed E-state index contributed by atoms with van der Waals surface area (Å²) in [5.74, 6) is 0.626. The molecule has 0 amide bonds. The van der Waals surface area contributed by atoms with Crippen LogP contribution in [0.15, 0.2) is 29.2 Å². The molecule has 0 bridgehead atoms. The third-order valence-electron chi connectivity index (χ3n) is 2.98. The van der Waals surface area contributed by atoms with Gasteiger partial charge in [-0.15, -0.1) is 11.8 Å². The molecule has 0 aromatic heterocycles. The van der Waals surface area contributed by atoms with Crippen LogP contribution in [0.5, 0.6) is 0 Å². The first-order chi connectivity index (χ1) is 7.15. The van der Waals surface area contributed by atoms with Gasteiger partial charge in [-0.2, -0.15) is 0 Å². The molecule has 15 heavy (non-hydrogen) atoms. The van der Waals surface area contributed by atoms with Crippen LogP contribution in [0.4, 0.5) is 0 Å². The van der Waals surface area contributed by atoms with Crippen LogP contribution < -0.4 is 5.73 Å². The van der Waals surface area contributed by atoms with E-state index in [1.807, 2.05) is 11.8 Å². The molecule has 0 spiro atoms. The van der Waals surface area contributed by atoms with Crippen LogP contribution in [-0.2, 0) is 0 Å². The Kier molecular flexibility index (Phi) is 3.37. The smallest absolute Gasteiger partial charge is 0.0124 e. The van der Waals surface area contributed by atoms with E-state index in [2.05, 4.69) is 38.1 Å². The van der Waals surface area contributed by atoms with E-state index in [9.17, 15) is 0 Å². The van der Waals surface area contributed by atoms with E-state index in [1.165, 1.54) is 23.3 Å². The molecular weight excluding hydrogens is 202 g/mol. The number of nitrogens with two attached hydrogens (primary N) is 1. The number of hydrogen-bond donors (Lipinski definition) is 1. The second-order valence-corrected chi connectivity index (χ2v) is 6.07. The zero-order valence-corrected chi connectivity index (χ0v) is 10.3. The van der Waals surface area contributed by atoms with Crippen LogP contribution in [0.1, 0.15) is 38.2 Å². The van der Waals surface area contributed by atoms with E-state index >= 15 is 0 Å². The summed E-state index contributed by atoms with van der Waals surface area (Å²) in [4.78, 5) is 1.39. The molecule has 1 nitrogen and oxygen atoms in total. The van der Waals surface area contributed by atoms with Crippen molar-refractivity contribution in [2.24, 2.45) is 5.73 Å². The molecule has 0 heterocycles. The number of hydrogen-bond acceptors (Lipinski definition) is 2. The lowest BCUT2D eigenvalue weighted by atomic mass is 9.93. The summed E-state index contributed by atoms with van der Waals surface area (Å²) in [6, 6.07) is 9.42. The Bertz CT molecular complexity index is 312. The van der Waals surface area contributed by atoms with Crippen molar-refractivity contribution in [1.29, 1.82) is 0 Å². The Morgan fingerprint density at radius 2 is 1.80 bits per heavy atom. The molecule has 1 aliphatic rings. The quantitative estimate of drug-likeness (QED) is 0.846. The normalized spacial score (nSPS) is 25.3. The van der Waals surface area contributed by atoms with Crippen LogP contribution in [-0.4, -0.2) is 11.3 Å². The Labute approximate surface area is 96.4 Å². The Balaban J connectivity index is 1.92. The van der Waals surface area contributed by atoms with Crippen molar-refractivity contribution in [3.05, 3.63) is 29.8 Å². The average molecular weight is 221 g/mol. The van der Waals surface area contributed by atoms with E-state index in [0.29, 0.717) is 12.0 Å². The van der Waals surface area contributed by atoms with E-state index < -0.39 is 0 Å². The molecule has 1 fully saturated rings. The molecule has 2 N–H and O–H groups in total. The minimum atomic E-state index is 0.456. The van der Waals surface area contributed by atoms with Gasteiger partial charge < -0.3 is 5.73 Å². The number of benzene rings is 1. The van der Waals surface area contributed by atoms with Gasteiger partial charge in [0.2, 0.25) is 0 Å².